The van der Waals surface area contributed by atoms with Gasteiger partial charge in [0.1, 0.15) is 0 Å². The van der Waals surface area contributed by atoms with Gasteiger partial charge in [0, 0.05) is 26.3 Å². The van der Waals surface area contributed by atoms with Crippen LogP contribution in [0.15, 0.2) is 0 Å². The molecule has 0 amide bonds. The monoisotopic (exact) mass is 256 g/mol. The summed E-state index contributed by atoms with van der Waals surface area (Å²) in [6, 6.07) is 0. The van der Waals surface area contributed by atoms with Gasteiger partial charge in [-0.15, -0.1) is 0 Å². The number of rotatable bonds is 9. The molecule has 1 N–H and O–H groups in total. The lowest BCUT2D eigenvalue weighted by atomic mass is 9.98. The van der Waals surface area contributed by atoms with Gasteiger partial charge in [0.05, 0.1) is 0 Å². The summed E-state index contributed by atoms with van der Waals surface area (Å²) in [6.07, 6.45) is 6.73. The molecule has 0 aromatic rings. The van der Waals surface area contributed by atoms with Crippen LogP contribution in [-0.2, 0) is 4.74 Å². The maximum atomic E-state index is 5.32. The summed E-state index contributed by atoms with van der Waals surface area (Å²) in [4.78, 5) is 2.63. The van der Waals surface area contributed by atoms with Gasteiger partial charge in [0.2, 0.25) is 0 Å². The van der Waals surface area contributed by atoms with E-state index in [2.05, 4.69) is 24.1 Å². The minimum atomic E-state index is 0.840. The second-order valence-electron chi connectivity index (χ2n) is 5.35. The van der Waals surface area contributed by atoms with Crippen molar-refractivity contribution < 1.29 is 4.74 Å². The lowest BCUT2D eigenvalue weighted by Crippen LogP contribution is -2.33. The third-order valence-corrected chi connectivity index (χ3v) is 3.97. The lowest BCUT2D eigenvalue weighted by molar-refractivity contribution is 0.144. The van der Waals surface area contributed by atoms with E-state index in [1.54, 1.807) is 0 Å². The van der Waals surface area contributed by atoms with Crippen LogP contribution in [0.2, 0.25) is 0 Å². The van der Waals surface area contributed by atoms with Crippen molar-refractivity contribution in [1.82, 2.24) is 10.2 Å². The van der Waals surface area contributed by atoms with Crippen LogP contribution in [0.25, 0.3) is 0 Å². The molecule has 1 aliphatic heterocycles. The number of hydrogen-bond acceptors (Lipinski definition) is 3. The molecule has 0 aromatic carbocycles. The number of nitrogens with zero attached hydrogens (tertiary/aromatic N) is 1. The third-order valence-electron chi connectivity index (χ3n) is 3.97. The zero-order chi connectivity index (χ0) is 13.1. The fourth-order valence-electron chi connectivity index (χ4n) is 2.66. The highest BCUT2D eigenvalue weighted by Crippen LogP contribution is 2.19. The molecule has 108 valence electrons. The van der Waals surface area contributed by atoms with Crippen molar-refractivity contribution >= 4 is 0 Å². The molecule has 3 nitrogen and oxygen atoms in total. The maximum absolute atomic E-state index is 5.32. The van der Waals surface area contributed by atoms with Crippen LogP contribution in [0.5, 0.6) is 0 Å². The molecule has 0 saturated carbocycles. The van der Waals surface area contributed by atoms with E-state index in [0.29, 0.717) is 0 Å². The predicted molar refractivity (Wildman–Crippen MR) is 78.1 cm³/mol. The smallest absolute Gasteiger partial charge is 0.0477 e. The van der Waals surface area contributed by atoms with Crippen molar-refractivity contribution in [2.24, 2.45) is 5.92 Å². The Balaban J connectivity index is 1.95. The molecule has 1 unspecified atom stereocenters. The van der Waals surface area contributed by atoms with E-state index in [4.69, 9.17) is 4.74 Å². The van der Waals surface area contributed by atoms with E-state index in [1.807, 2.05) is 0 Å². The molecule has 1 rings (SSSR count). The number of ether oxygens (including phenoxy) is 1. The zero-order valence-electron chi connectivity index (χ0n) is 12.4. The molecule has 3 heteroatoms. The van der Waals surface area contributed by atoms with Crippen LogP contribution in [0, 0.1) is 5.92 Å². The number of hydrogen-bond donors (Lipinski definition) is 1. The summed E-state index contributed by atoms with van der Waals surface area (Å²) in [6.45, 7) is 12.2. The van der Waals surface area contributed by atoms with Gasteiger partial charge >= 0.3 is 0 Å². The van der Waals surface area contributed by atoms with E-state index in [9.17, 15) is 0 Å². The van der Waals surface area contributed by atoms with Crippen LogP contribution in [-0.4, -0.2) is 50.8 Å². The Bertz CT molecular complexity index is 187. The highest BCUT2D eigenvalue weighted by Gasteiger charge is 2.14. The van der Waals surface area contributed by atoms with E-state index in [1.165, 1.54) is 45.3 Å². The van der Waals surface area contributed by atoms with Crippen LogP contribution < -0.4 is 5.32 Å². The van der Waals surface area contributed by atoms with E-state index in [-0.39, 0.29) is 0 Å². The van der Waals surface area contributed by atoms with Crippen molar-refractivity contribution in [3.63, 3.8) is 0 Å². The summed E-state index contributed by atoms with van der Waals surface area (Å²) < 4.78 is 5.32. The minimum absolute atomic E-state index is 0.840. The van der Waals surface area contributed by atoms with Gasteiger partial charge < -0.3 is 15.0 Å². The highest BCUT2D eigenvalue weighted by atomic mass is 16.5. The van der Waals surface area contributed by atoms with Gasteiger partial charge in [-0.1, -0.05) is 13.3 Å². The van der Waals surface area contributed by atoms with Crippen LogP contribution >= 0.6 is 0 Å². The topological polar surface area (TPSA) is 24.5 Å². The first-order valence-corrected chi connectivity index (χ1v) is 7.87. The zero-order valence-corrected chi connectivity index (χ0v) is 12.4. The third kappa shape index (κ3) is 7.34. The molecule has 0 aliphatic carbocycles. The molecule has 0 spiro atoms. The Labute approximate surface area is 113 Å². The van der Waals surface area contributed by atoms with Gasteiger partial charge in [0.25, 0.3) is 0 Å². The molecule has 0 radical (unpaired) electrons. The largest absolute Gasteiger partial charge is 0.382 e. The molecule has 1 heterocycles. The quantitative estimate of drug-likeness (QED) is 0.642. The molecular weight excluding hydrogens is 224 g/mol. The molecule has 1 aliphatic rings. The van der Waals surface area contributed by atoms with Crippen molar-refractivity contribution in [1.29, 1.82) is 0 Å². The van der Waals surface area contributed by atoms with Gasteiger partial charge in [-0.2, -0.15) is 0 Å². The van der Waals surface area contributed by atoms with Gasteiger partial charge in [-0.05, 0) is 58.2 Å². The van der Waals surface area contributed by atoms with Crippen molar-refractivity contribution in [2.45, 2.75) is 46.0 Å². The van der Waals surface area contributed by atoms with Crippen molar-refractivity contribution in [3.05, 3.63) is 0 Å². The van der Waals surface area contributed by atoms with Gasteiger partial charge in [-0.25, -0.2) is 0 Å². The van der Waals surface area contributed by atoms with Crippen molar-refractivity contribution in [3.8, 4) is 0 Å². The van der Waals surface area contributed by atoms with Crippen LogP contribution in [0.1, 0.15) is 46.0 Å². The molecule has 1 saturated heterocycles. The first kappa shape index (κ1) is 15.9. The Hall–Kier alpha value is -0.120. The fourth-order valence-corrected chi connectivity index (χ4v) is 2.66. The predicted octanol–water partition coefficient (Wildman–Crippen LogP) is 2.51. The molecule has 1 fully saturated rings. The van der Waals surface area contributed by atoms with Gasteiger partial charge in [0.15, 0.2) is 0 Å². The molecule has 0 bridgehead atoms. The normalized spacial score (nSPS) is 22.0. The SMILES string of the molecule is CCOCCCNCCN1CCCC(CC)CC1. The Kier molecular flexibility index (Phi) is 9.54. The molecular formula is C15H32N2O. The van der Waals surface area contributed by atoms with E-state index < -0.39 is 0 Å². The second-order valence-corrected chi connectivity index (χ2v) is 5.35. The number of nitrogens with one attached hydrogen (secondary N) is 1. The Morgan fingerprint density at radius 1 is 1.17 bits per heavy atom. The molecule has 0 aromatic heterocycles. The van der Waals surface area contributed by atoms with Crippen LogP contribution in [0.3, 0.4) is 0 Å². The average Bonchev–Trinajstić information content (AvgIpc) is 2.63. The molecule has 18 heavy (non-hydrogen) atoms. The van der Waals surface area contributed by atoms with Gasteiger partial charge in [-0.3, -0.25) is 0 Å². The van der Waals surface area contributed by atoms with E-state index in [0.717, 1.165) is 38.6 Å². The van der Waals surface area contributed by atoms with Crippen LogP contribution in [0.4, 0.5) is 0 Å². The average molecular weight is 256 g/mol. The summed E-state index contributed by atoms with van der Waals surface area (Å²) >= 11 is 0. The summed E-state index contributed by atoms with van der Waals surface area (Å²) in [5.74, 6) is 0.981. The standard InChI is InChI=1S/C15H32N2O/c1-3-15-7-5-11-17(12-8-15)13-10-16-9-6-14-18-4-2/h15-16H,3-14H2,1-2H3. The second kappa shape index (κ2) is 10.8. The first-order chi connectivity index (χ1) is 8.86. The van der Waals surface area contributed by atoms with Crippen molar-refractivity contribution in [2.75, 3.05) is 45.9 Å². The molecule has 1 atom stereocenters. The first-order valence-electron chi connectivity index (χ1n) is 7.87. The summed E-state index contributed by atoms with van der Waals surface area (Å²) in [7, 11) is 0. The lowest BCUT2D eigenvalue weighted by Gasteiger charge is -2.20. The minimum Gasteiger partial charge on any atom is -0.382 e. The number of likely N-dealkylation sites (tertiary alicyclic amines) is 1. The van der Waals surface area contributed by atoms with E-state index >= 15 is 0 Å². The fraction of sp³-hybridized carbons (Fsp3) is 1.00. The Morgan fingerprint density at radius 3 is 2.83 bits per heavy atom. The summed E-state index contributed by atoms with van der Waals surface area (Å²) in [5.41, 5.74) is 0. The summed E-state index contributed by atoms with van der Waals surface area (Å²) in [5, 5.41) is 3.52. The maximum Gasteiger partial charge on any atom is 0.0477 e. The highest BCUT2D eigenvalue weighted by molar-refractivity contribution is 4.69. The Morgan fingerprint density at radius 2 is 2.06 bits per heavy atom.